The summed E-state index contributed by atoms with van der Waals surface area (Å²) in [5.74, 6) is -0.123. The molecule has 11 heteroatoms. The van der Waals surface area contributed by atoms with Crippen molar-refractivity contribution in [3.05, 3.63) is 128 Å². The molecule has 0 amide bonds. The first-order chi connectivity index (χ1) is 38.1. The van der Waals surface area contributed by atoms with Gasteiger partial charge in [-0.3, -0.25) is 14.4 Å². The third-order valence-corrected chi connectivity index (χ3v) is 15.7. The Kier molecular flexibility index (Phi) is 22.5. The Morgan fingerprint density at radius 1 is 0.357 bits per heavy atom. The zero-order valence-corrected chi connectivity index (χ0v) is 56.0. The van der Waals surface area contributed by atoms with Crippen LogP contribution >= 0.6 is 0 Å². The van der Waals surface area contributed by atoms with E-state index in [1.807, 2.05) is 166 Å². The molecule has 0 saturated heterocycles. The van der Waals surface area contributed by atoms with E-state index in [1.54, 1.807) is 0 Å². The van der Waals surface area contributed by atoms with Crippen LogP contribution in [0.2, 0.25) is 0 Å². The predicted molar refractivity (Wildman–Crippen MR) is 341 cm³/mol. The number of benzene rings is 4. The zero-order valence-electron chi connectivity index (χ0n) is 56.0. The summed E-state index contributed by atoms with van der Waals surface area (Å²) in [5.41, 5.74) is 6.04. The number of ether oxygens (including phenoxy) is 4. The Balaban J connectivity index is 1.75. The molecule has 4 aromatic rings. The second-order valence-corrected chi connectivity index (χ2v) is 31.4. The van der Waals surface area contributed by atoms with Crippen LogP contribution < -0.4 is 0 Å². The number of esters is 3. The summed E-state index contributed by atoms with van der Waals surface area (Å²) in [5, 5.41) is 45.6. The molecule has 11 nitrogen and oxygen atoms in total. The van der Waals surface area contributed by atoms with Gasteiger partial charge in [-0.15, -0.1) is 0 Å². The fourth-order valence-corrected chi connectivity index (χ4v) is 10.3. The molecular formula is C73H108O11. The van der Waals surface area contributed by atoms with E-state index in [0.29, 0.717) is 37.9 Å². The van der Waals surface area contributed by atoms with Gasteiger partial charge in [-0.05, 0) is 136 Å². The number of hydrogen-bond acceptors (Lipinski definition) is 11. The van der Waals surface area contributed by atoms with Crippen LogP contribution in [0.1, 0.15) is 258 Å². The van der Waals surface area contributed by atoms with E-state index in [0.717, 1.165) is 66.8 Å². The molecular weight excluding hydrogens is 1050 g/mol. The molecule has 0 aliphatic heterocycles. The van der Waals surface area contributed by atoms with Gasteiger partial charge in [0.15, 0.2) is 0 Å². The van der Waals surface area contributed by atoms with E-state index in [-0.39, 0.29) is 113 Å². The Morgan fingerprint density at radius 2 is 0.571 bits per heavy atom. The molecule has 0 unspecified atom stereocenters. The smallest absolute Gasteiger partial charge is 0.306 e. The van der Waals surface area contributed by atoms with Gasteiger partial charge in [0, 0.05) is 25.7 Å². The fourth-order valence-electron chi connectivity index (χ4n) is 10.3. The molecule has 0 saturated carbocycles. The fraction of sp³-hybridized carbons (Fsp3) is 0.603. The average Bonchev–Trinajstić information content (AvgIpc) is 3.06. The normalized spacial score (nSPS) is 13.0. The summed E-state index contributed by atoms with van der Waals surface area (Å²) in [6.07, 6.45) is 1.85. The number of hydrogen-bond donors (Lipinski definition) is 4. The number of allylic oxidation sites excluding steroid dienone is 1. The second kappa shape index (κ2) is 26.7. The lowest BCUT2D eigenvalue weighted by Gasteiger charge is -2.32. The molecule has 0 fully saturated rings. The highest BCUT2D eigenvalue weighted by atomic mass is 16.6. The molecule has 0 heterocycles. The van der Waals surface area contributed by atoms with E-state index in [9.17, 15) is 34.8 Å². The molecule has 4 aromatic carbocycles. The molecule has 0 aliphatic rings. The maximum atomic E-state index is 14.1. The summed E-state index contributed by atoms with van der Waals surface area (Å²) in [7, 11) is 0. The van der Waals surface area contributed by atoms with Gasteiger partial charge in [-0.2, -0.15) is 0 Å². The summed E-state index contributed by atoms with van der Waals surface area (Å²) in [4.78, 5) is 42.3. The summed E-state index contributed by atoms with van der Waals surface area (Å²) in [6.45, 7) is 50.2. The minimum atomic E-state index is -1.42. The van der Waals surface area contributed by atoms with Crippen LogP contribution in [0.25, 0.3) is 0 Å². The third kappa shape index (κ3) is 19.5. The summed E-state index contributed by atoms with van der Waals surface area (Å²) < 4.78 is 25.1. The molecule has 4 rings (SSSR count). The van der Waals surface area contributed by atoms with Crippen molar-refractivity contribution < 1.29 is 53.8 Å². The lowest BCUT2D eigenvalue weighted by Crippen LogP contribution is -2.43. The van der Waals surface area contributed by atoms with Crippen molar-refractivity contribution in [3.8, 4) is 23.0 Å². The van der Waals surface area contributed by atoms with Crippen molar-refractivity contribution in [1.82, 2.24) is 0 Å². The van der Waals surface area contributed by atoms with E-state index >= 15 is 0 Å². The first-order valence-electron chi connectivity index (χ1n) is 30.4. The van der Waals surface area contributed by atoms with Gasteiger partial charge in [0.05, 0.1) is 5.76 Å². The molecule has 466 valence electrons. The topological polar surface area (TPSA) is 169 Å². The van der Waals surface area contributed by atoms with E-state index < -0.39 is 23.3 Å². The van der Waals surface area contributed by atoms with Crippen molar-refractivity contribution in [3.63, 3.8) is 0 Å². The third-order valence-electron chi connectivity index (χ3n) is 15.7. The minimum Gasteiger partial charge on any atom is -0.507 e. The minimum absolute atomic E-state index is 0.00563. The van der Waals surface area contributed by atoms with Crippen molar-refractivity contribution >= 4 is 17.9 Å². The number of phenolic OH excluding ortho intramolecular Hbond substituents is 4. The van der Waals surface area contributed by atoms with Crippen LogP contribution in [0.15, 0.2) is 60.9 Å². The first-order valence-corrected chi connectivity index (χ1v) is 30.4. The van der Waals surface area contributed by atoms with Gasteiger partial charge in [0.2, 0.25) is 0 Å². The van der Waals surface area contributed by atoms with E-state index in [1.165, 1.54) is 0 Å². The maximum Gasteiger partial charge on any atom is 0.306 e. The number of aromatic hydroxyl groups is 4. The Bertz CT molecular complexity index is 2630. The van der Waals surface area contributed by atoms with Gasteiger partial charge < -0.3 is 39.4 Å². The van der Waals surface area contributed by atoms with Gasteiger partial charge in [-0.25, -0.2) is 0 Å². The van der Waals surface area contributed by atoms with Gasteiger partial charge >= 0.3 is 17.9 Å². The first kappa shape index (κ1) is 70.5. The van der Waals surface area contributed by atoms with E-state index in [4.69, 9.17) is 18.9 Å². The molecule has 0 aliphatic carbocycles. The highest BCUT2D eigenvalue weighted by Crippen LogP contribution is 2.44. The van der Waals surface area contributed by atoms with Gasteiger partial charge in [0.1, 0.15) is 54.8 Å². The molecule has 0 bridgehead atoms. The Labute approximate surface area is 506 Å². The summed E-state index contributed by atoms with van der Waals surface area (Å²) >= 11 is 0. The van der Waals surface area contributed by atoms with Crippen LogP contribution in [-0.2, 0) is 96.9 Å². The standard InChI is InChI=1S/C73H108O11/c1-45(2)51-33-47(34-52(62(51)77)66(4,5)6)27-30-59(74)82-42-73(41-81-46(3)25-26-48-35-53(67(7,8)9)63(78)54(36-48)68(10,11)12,43-83-60(75)31-28-49-37-55(69(13,14)15)64(79)56(38-49)70(16,17)18)44-84-61(76)32-29-50-39-57(71(19,20)21)65(80)58(40-50)72(22,23)24/h33-40,45,77-80H,3,25-32,41-44H2,1-2,4-24H3. The van der Waals surface area contributed by atoms with Crippen molar-refractivity contribution in [1.29, 1.82) is 0 Å². The Hall–Kier alpha value is -5.97. The molecule has 4 N–H and O–H groups in total. The molecule has 0 radical (unpaired) electrons. The largest absolute Gasteiger partial charge is 0.507 e. The zero-order chi connectivity index (χ0) is 64.1. The van der Waals surface area contributed by atoms with Gasteiger partial charge in [-0.1, -0.05) is 214 Å². The van der Waals surface area contributed by atoms with Crippen LogP contribution in [0.4, 0.5) is 0 Å². The van der Waals surface area contributed by atoms with Crippen molar-refractivity contribution in [2.75, 3.05) is 26.4 Å². The van der Waals surface area contributed by atoms with Crippen molar-refractivity contribution in [2.24, 2.45) is 5.41 Å². The second-order valence-electron chi connectivity index (χ2n) is 31.4. The van der Waals surface area contributed by atoms with Crippen molar-refractivity contribution in [2.45, 2.75) is 254 Å². The molecule has 84 heavy (non-hydrogen) atoms. The SMILES string of the molecule is C=C(CCc1cc(C(C)(C)C)c(O)c(C(C)(C)C)c1)OCC(COC(=O)CCc1cc(C(C)C)c(O)c(C(C)(C)C)c1)(COC(=O)CCc1cc(C(C)(C)C)c(O)c(C(C)(C)C)c1)COC(=O)CCc1cc(C(C)(C)C)c(O)c(C(C)(C)C)c1. The van der Waals surface area contributed by atoms with Crippen LogP contribution in [-0.4, -0.2) is 64.8 Å². The predicted octanol–water partition coefficient (Wildman–Crippen LogP) is 16.7. The van der Waals surface area contributed by atoms with Crippen LogP contribution in [0, 0.1) is 5.41 Å². The lowest BCUT2D eigenvalue weighted by molar-refractivity contribution is -0.166. The number of carbonyl (C=O) groups excluding carboxylic acids is 3. The number of phenols is 4. The summed E-state index contributed by atoms with van der Waals surface area (Å²) in [6, 6.07) is 15.7. The number of aryl methyl sites for hydroxylation is 4. The monoisotopic (exact) mass is 1160 g/mol. The van der Waals surface area contributed by atoms with Gasteiger partial charge in [0.25, 0.3) is 0 Å². The highest BCUT2D eigenvalue weighted by molar-refractivity contribution is 5.71. The lowest BCUT2D eigenvalue weighted by atomic mass is 9.78. The quantitative estimate of drug-likeness (QED) is 0.0336. The maximum absolute atomic E-state index is 14.1. The van der Waals surface area contributed by atoms with Crippen LogP contribution in [0.3, 0.4) is 0 Å². The van der Waals surface area contributed by atoms with E-state index in [2.05, 4.69) is 48.1 Å². The molecule has 0 aromatic heterocycles. The highest BCUT2D eigenvalue weighted by Gasteiger charge is 2.38. The van der Waals surface area contributed by atoms with Crippen LogP contribution in [0.5, 0.6) is 23.0 Å². The molecule has 0 atom stereocenters. The average molecular weight is 1160 g/mol. The Morgan fingerprint density at radius 3 is 0.810 bits per heavy atom. The molecule has 0 spiro atoms. The number of carbonyl (C=O) groups is 3. The number of rotatable bonds is 22.